The SMILES string of the molecule is CCC.CCCC(CC1CC(=O)c2c(ccc(CC3=CC(CC)=CC3)c2C)C1)C(CC)C(=O)CC(C)=O. The molecule has 0 bridgehead atoms. The van der Waals surface area contributed by atoms with Crippen LogP contribution in [0.1, 0.15) is 126 Å². The second-order valence-corrected chi connectivity index (χ2v) is 11.2. The maximum Gasteiger partial charge on any atom is 0.163 e. The minimum atomic E-state index is -0.0780. The van der Waals surface area contributed by atoms with E-state index in [0.29, 0.717) is 6.42 Å². The molecular formula is C34H50O3. The number of rotatable bonds is 12. The van der Waals surface area contributed by atoms with Crippen molar-refractivity contribution in [3.8, 4) is 0 Å². The van der Waals surface area contributed by atoms with Crippen LogP contribution in [0.5, 0.6) is 0 Å². The molecule has 0 saturated carbocycles. The highest BCUT2D eigenvalue weighted by Gasteiger charge is 2.33. The molecule has 3 atom stereocenters. The Labute approximate surface area is 226 Å². The highest BCUT2D eigenvalue weighted by atomic mass is 16.1. The van der Waals surface area contributed by atoms with E-state index >= 15 is 0 Å². The zero-order valence-corrected chi connectivity index (χ0v) is 24.5. The molecule has 0 aliphatic heterocycles. The zero-order valence-electron chi connectivity index (χ0n) is 24.5. The van der Waals surface area contributed by atoms with Crippen molar-refractivity contribution in [3.05, 3.63) is 57.7 Å². The second kappa shape index (κ2) is 15.2. The molecule has 0 N–H and O–H groups in total. The smallest absolute Gasteiger partial charge is 0.163 e. The Bertz CT molecular complexity index is 1010. The number of carbonyl (C=O) groups is 3. The van der Waals surface area contributed by atoms with Crippen LogP contribution in [0, 0.1) is 24.7 Å². The van der Waals surface area contributed by atoms with Gasteiger partial charge >= 0.3 is 0 Å². The Hall–Kier alpha value is -2.29. The number of carbonyl (C=O) groups excluding carboxylic acids is 3. The van der Waals surface area contributed by atoms with Crippen LogP contribution in [0.25, 0.3) is 0 Å². The van der Waals surface area contributed by atoms with Crippen molar-refractivity contribution in [2.75, 3.05) is 0 Å². The summed E-state index contributed by atoms with van der Waals surface area (Å²) in [6.45, 7) is 14.3. The van der Waals surface area contributed by atoms with Gasteiger partial charge in [-0.1, -0.05) is 89.3 Å². The standard InChI is InChI=1S/C31H42O3.C3H8/c1-6-9-26(28(8-3)29(33)14-20(4)32)17-24-18-27-13-12-25(21(5)31(27)30(34)19-24)16-23-11-10-22(7-2)15-23;1-3-2/h10,12-13,15,24,26,28H,6-9,11,14,16-19H2,1-5H3;3H2,1-2H3. The molecule has 0 heterocycles. The minimum absolute atomic E-state index is 0.0405. The molecule has 0 aromatic heterocycles. The van der Waals surface area contributed by atoms with Crippen LogP contribution in [0.2, 0.25) is 0 Å². The summed E-state index contributed by atoms with van der Waals surface area (Å²) in [6.07, 6.45) is 14.1. The van der Waals surface area contributed by atoms with Crippen LogP contribution in [0.4, 0.5) is 0 Å². The van der Waals surface area contributed by atoms with Gasteiger partial charge in [-0.15, -0.1) is 0 Å². The number of Topliss-reactive ketones (excluding diaryl/α,β-unsaturated/α-hetero) is 3. The fourth-order valence-corrected chi connectivity index (χ4v) is 6.21. The summed E-state index contributed by atoms with van der Waals surface area (Å²) in [7, 11) is 0. The number of benzene rings is 1. The molecule has 37 heavy (non-hydrogen) atoms. The van der Waals surface area contributed by atoms with E-state index in [2.05, 4.69) is 65.8 Å². The van der Waals surface area contributed by atoms with E-state index < -0.39 is 0 Å². The van der Waals surface area contributed by atoms with Crippen molar-refractivity contribution in [1.29, 1.82) is 0 Å². The maximum absolute atomic E-state index is 13.3. The molecule has 0 amide bonds. The number of hydrogen-bond donors (Lipinski definition) is 0. The van der Waals surface area contributed by atoms with E-state index in [-0.39, 0.29) is 41.5 Å². The van der Waals surface area contributed by atoms with E-state index in [1.807, 2.05) is 0 Å². The molecule has 0 fully saturated rings. The van der Waals surface area contributed by atoms with E-state index in [4.69, 9.17) is 0 Å². The lowest BCUT2D eigenvalue weighted by Gasteiger charge is -2.32. The third kappa shape index (κ3) is 8.62. The first-order chi connectivity index (χ1) is 17.7. The quantitative estimate of drug-likeness (QED) is 0.266. The number of fused-ring (bicyclic) bond motifs is 1. The van der Waals surface area contributed by atoms with Gasteiger partial charge in [0.1, 0.15) is 11.6 Å². The van der Waals surface area contributed by atoms with Gasteiger partial charge in [0.15, 0.2) is 5.78 Å². The maximum atomic E-state index is 13.3. The van der Waals surface area contributed by atoms with E-state index in [9.17, 15) is 14.4 Å². The Morgan fingerprint density at radius 2 is 1.76 bits per heavy atom. The summed E-state index contributed by atoms with van der Waals surface area (Å²) >= 11 is 0. The monoisotopic (exact) mass is 506 g/mol. The molecule has 2 aliphatic rings. The Morgan fingerprint density at radius 1 is 1.05 bits per heavy atom. The highest BCUT2D eigenvalue weighted by molar-refractivity contribution is 6.00. The number of ketones is 3. The first-order valence-corrected chi connectivity index (χ1v) is 14.7. The van der Waals surface area contributed by atoms with Gasteiger partial charge < -0.3 is 0 Å². The molecule has 1 aromatic carbocycles. The lowest BCUT2D eigenvalue weighted by molar-refractivity contribution is -0.129. The van der Waals surface area contributed by atoms with Gasteiger partial charge in [0.2, 0.25) is 0 Å². The van der Waals surface area contributed by atoms with Crippen molar-refractivity contribution in [1.82, 2.24) is 0 Å². The van der Waals surface area contributed by atoms with Crippen molar-refractivity contribution in [2.24, 2.45) is 17.8 Å². The van der Waals surface area contributed by atoms with Crippen LogP contribution in [0.3, 0.4) is 0 Å². The number of allylic oxidation sites excluding steroid dienone is 4. The van der Waals surface area contributed by atoms with Gasteiger partial charge in [0.25, 0.3) is 0 Å². The lowest BCUT2D eigenvalue weighted by Crippen LogP contribution is -2.30. The first kappa shape index (κ1) is 30.9. The predicted octanol–water partition coefficient (Wildman–Crippen LogP) is 8.75. The normalized spacial score (nSPS) is 18.2. The van der Waals surface area contributed by atoms with Crippen LogP contribution in [-0.2, 0) is 22.4 Å². The van der Waals surface area contributed by atoms with Crippen molar-refractivity contribution < 1.29 is 14.4 Å². The lowest BCUT2D eigenvalue weighted by atomic mass is 9.71. The van der Waals surface area contributed by atoms with Crippen LogP contribution in [0.15, 0.2) is 35.4 Å². The molecule has 3 rings (SSSR count). The average molecular weight is 507 g/mol. The number of hydrogen-bond acceptors (Lipinski definition) is 3. The highest BCUT2D eigenvalue weighted by Crippen LogP contribution is 2.37. The Balaban J connectivity index is 0.00000153. The summed E-state index contributed by atoms with van der Waals surface area (Å²) in [5.41, 5.74) is 7.39. The molecule has 204 valence electrons. The average Bonchev–Trinajstić information content (AvgIpc) is 3.29. The third-order valence-electron chi connectivity index (χ3n) is 7.91. The third-order valence-corrected chi connectivity index (χ3v) is 7.91. The van der Waals surface area contributed by atoms with Crippen LogP contribution >= 0.6 is 0 Å². The van der Waals surface area contributed by atoms with Crippen LogP contribution in [-0.4, -0.2) is 17.3 Å². The zero-order chi connectivity index (χ0) is 27.5. The van der Waals surface area contributed by atoms with Crippen molar-refractivity contribution >= 4 is 17.3 Å². The van der Waals surface area contributed by atoms with Gasteiger partial charge in [-0.05, 0) is 80.9 Å². The van der Waals surface area contributed by atoms with Gasteiger partial charge in [0, 0.05) is 17.9 Å². The second-order valence-electron chi connectivity index (χ2n) is 11.2. The minimum Gasteiger partial charge on any atom is -0.300 e. The van der Waals surface area contributed by atoms with E-state index in [0.717, 1.165) is 62.5 Å². The van der Waals surface area contributed by atoms with E-state index in [1.54, 1.807) is 0 Å². The molecular weight excluding hydrogens is 456 g/mol. The topological polar surface area (TPSA) is 51.2 Å². The van der Waals surface area contributed by atoms with Crippen molar-refractivity contribution in [2.45, 2.75) is 119 Å². The fourth-order valence-electron chi connectivity index (χ4n) is 6.21. The van der Waals surface area contributed by atoms with Gasteiger partial charge in [-0.3, -0.25) is 14.4 Å². The summed E-state index contributed by atoms with van der Waals surface area (Å²) in [5, 5.41) is 0. The van der Waals surface area contributed by atoms with E-state index in [1.165, 1.54) is 35.6 Å². The summed E-state index contributed by atoms with van der Waals surface area (Å²) in [4.78, 5) is 37.7. The first-order valence-electron chi connectivity index (χ1n) is 14.7. The molecule has 1 aromatic rings. The predicted molar refractivity (Wildman–Crippen MR) is 155 cm³/mol. The molecule has 3 heteroatoms. The Kier molecular flexibility index (Phi) is 12.7. The summed E-state index contributed by atoms with van der Waals surface area (Å²) in [5.74, 6) is 0.730. The Morgan fingerprint density at radius 3 is 2.32 bits per heavy atom. The molecule has 2 aliphatic carbocycles. The summed E-state index contributed by atoms with van der Waals surface area (Å²) in [6, 6.07) is 4.40. The van der Waals surface area contributed by atoms with Crippen molar-refractivity contribution in [3.63, 3.8) is 0 Å². The van der Waals surface area contributed by atoms with Gasteiger partial charge in [-0.25, -0.2) is 0 Å². The largest absolute Gasteiger partial charge is 0.300 e. The van der Waals surface area contributed by atoms with Crippen LogP contribution < -0.4 is 0 Å². The molecule has 3 unspecified atom stereocenters. The fraction of sp³-hybridized carbons (Fsp3) is 0.618. The molecule has 0 spiro atoms. The summed E-state index contributed by atoms with van der Waals surface area (Å²) < 4.78 is 0. The van der Waals surface area contributed by atoms with Gasteiger partial charge in [-0.2, -0.15) is 0 Å². The molecule has 3 nitrogen and oxygen atoms in total. The molecule has 0 saturated heterocycles. The van der Waals surface area contributed by atoms with Gasteiger partial charge in [0.05, 0.1) is 6.42 Å². The molecule has 0 radical (unpaired) electrons.